The Labute approximate surface area is 143 Å². The van der Waals surface area contributed by atoms with Crippen LogP contribution in [0.1, 0.15) is 71.6 Å². The van der Waals surface area contributed by atoms with Crippen LogP contribution in [0.15, 0.2) is 24.3 Å². The summed E-state index contributed by atoms with van der Waals surface area (Å²) in [6.45, 7) is 19.9. The maximum Gasteiger partial charge on any atom is 0.0321 e. The fourth-order valence-corrected chi connectivity index (χ4v) is 3.82. The third-order valence-corrected chi connectivity index (χ3v) is 5.53. The average molecular weight is 317 g/mol. The van der Waals surface area contributed by atoms with Crippen LogP contribution in [0.25, 0.3) is 0 Å². The molecule has 0 amide bonds. The van der Waals surface area contributed by atoms with Crippen molar-refractivity contribution in [2.24, 2.45) is 5.92 Å². The van der Waals surface area contributed by atoms with Crippen LogP contribution in [0.5, 0.6) is 0 Å². The maximum atomic E-state index is 2.69. The molecule has 1 aromatic rings. The maximum absolute atomic E-state index is 2.69. The van der Waals surface area contributed by atoms with Gasteiger partial charge in [-0.1, -0.05) is 52.0 Å². The molecule has 1 fully saturated rings. The molecule has 0 aliphatic carbocycles. The van der Waals surface area contributed by atoms with Crippen LogP contribution in [0.2, 0.25) is 0 Å². The van der Waals surface area contributed by atoms with Gasteiger partial charge < -0.3 is 0 Å². The van der Waals surface area contributed by atoms with Gasteiger partial charge in [0.15, 0.2) is 0 Å². The van der Waals surface area contributed by atoms with Gasteiger partial charge in [0, 0.05) is 37.8 Å². The van der Waals surface area contributed by atoms with E-state index in [1.807, 2.05) is 0 Å². The fourth-order valence-electron chi connectivity index (χ4n) is 3.82. The number of benzene rings is 1. The van der Waals surface area contributed by atoms with Crippen molar-refractivity contribution in [3.63, 3.8) is 0 Å². The lowest BCUT2D eigenvalue weighted by molar-refractivity contribution is 0.0121. The normalized spacial score (nSPS) is 22.3. The van der Waals surface area contributed by atoms with Gasteiger partial charge >= 0.3 is 0 Å². The highest BCUT2D eigenvalue weighted by Gasteiger charge is 2.32. The molecule has 1 aliphatic rings. The summed E-state index contributed by atoms with van der Waals surface area (Å²) in [6, 6.07) is 11.0. The van der Waals surface area contributed by atoms with E-state index in [2.05, 4.69) is 82.5 Å². The summed E-state index contributed by atoms with van der Waals surface area (Å²) in [6.07, 6.45) is 0. The molecule has 0 saturated carbocycles. The monoisotopic (exact) mass is 316 g/mol. The molecule has 1 aromatic carbocycles. The Kier molecular flexibility index (Phi) is 6.27. The minimum Gasteiger partial charge on any atom is -0.295 e. The number of nitrogens with zero attached hydrogens (tertiary/aromatic N) is 2. The summed E-state index contributed by atoms with van der Waals surface area (Å²) in [5.41, 5.74) is 2.92. The Hall–Kier alpha value is -0.860. The van der Waals surface area contributed by atoms with Gasteiger partial charge in [-0.3, -0.25) is 9.80 Å². The van der Waals surface area contributed by atoms with E-state index in [0.29, 0.717) is 30.0 Å². The van der Waals surface area contributed by atoms with Crippen molar-refractivity contribution in [1.29, 1.82) is 0 Å². The molecule has 2 nitrogen and oxygen atoms in total. The second-order valence-electron chi connectivity index (χ2n) is 8.14. The lowest BCUT2D eigenvalue weighted by Crippen LogP contribution is -2.57. The van der Waals surface area contributed by atoms with Crippen LogP contribution in [-0.4, -0.2) is 41.5 Å². The molecule has 0 unspecified atom stereocenters. The number of hydrogen-bond donors (Lipinski definition) is 0. The second-order valence-corrected chi connectivity index (χ2v) is 8.14. The molecule has 1 heterocycles. The topological polar surface area (TPSA) is 6.48 Å². The molecule has 0 aromatic heterocycles. The van der Waals surface area contributed by atoms with Gasteiger partial charge in [0.05, 0.1) is 0 Å². The standard InChI is InChI=1S/C21H36N2/c1-15(2)19-9-8-10-20(13-19)18(7)22-11-12-23(17(5)6)21(14-22)16(3)4/h8-10,13,15-18,21H,11-12,14H2,1-7H3/t18-,21+/m0/s1. The van der Waals surface area contributed by atoms with E-state index in [1.165, 1.54) is 30.8 Å². The Balaban J connectivity index is 2.14. The second kappa shape index (κ2) is 7.81. The van der Waals surface area contributed by atoms with Crippen molar-refractivity contribution < 1.29 is 0 Å². The summed E-state index contributed by atoms with van der Waals surface area (Å²) in [7, 11) is 0. The minimum absolute atomic E-state index is 0.504. The third-order valence-electron chi connectivity index (χ3n) is 5.53. The van der Waals surface area contributed by atoms with Crippen LogP contribution in [0.4, 0.5) is 0 Å². The van der Waals surface area contributed by atoms with Gasteiger partial charge in [0.1, 0.15) is 0 Å². The highest BCUT2D eigenvalue weighted by molar-refractivity contribution is 5.28. The van der Waals surface area contributed by atoms with Crippen molar-refractivity contribution in [3.8, 4) is 0 Å². The van der Waals surface area contributed by atoms with Gasteiger partial charge in [0.25, 0.3) is 0 Å². The predicted molar refractivity (Wildman–Crippen MR) is 101 cm³/mol. The summed E-state index contributed by atoms with van der Waals surface area (Å²) >= 11 is 0. The molecule has 0 spiro atoms. The van der Waals surface area contributed by atoms with Crippen molar-refractivity contribution in [2.75, 3.05) is 19.6 Å². The largest absolute Gasteiger partial charge is 0.295 e. The van der Waals surface area contributed by atoms with Gasteiger partial charge in [-0.2, -0.15) is 0 Å². The average Bonchev–Trinajstić information content (AvgIpc) is 2.53. The number of rotatable bonds is 5. The number of hydrogen-bond acceptors (Lipinski definition) is 2. The Bertz CT molecular complexity index is 492. The van der Waals surface area contributed by atoms with E-state index in [-0.39, 0.29) is 0 Å². The predicted octanol–water partition coefficient (Wildman–Crippen LogP) is 4.92. The van der Waals surface area contributed by atoms with E-state index in [9.17, 15) is 0 Å². The van der Waals surface area contributed by atoms with E-state index < -0.39 is 0 Å². The smallest absolute Gasteiger partial charge is 0.0321 e. The first kappa shape index (κ1) is 18.5. The quantitative estimate of drug-likeness (QED) is 0.760. The first-order chi connectivity index (χ1) is 10.8. The summed E-state index contributed by atoms with van der Waals surface area (Å²) in [4.78, 5) is 5.38. The number of piperazine rings is 1. The van der Waals surface area contributed by atoms with Crippen molar-refractivity contribution >= 4 is 0 Å². The van der Waals surface area contributed by atoms with Crippen molar-refractivity contribution in [1.82, 2.24) is 9.80 Å². The Morgan fingerprint density at radius 2 is 1.57 bits per heavy atom. The molecule has 1 aliphatic heterocycles. The molecule has 0 N–H and O–H groups in total. The van der Waals surface area contributed by atoms with E-state index >= 15 is 0 Å². The Morgan fingerprint density at radius 3 is 2.13 bits per heavy atom. The van der Waals surface area contributed by atoms with Crippen LogP contribution in [-0.2, 0) is 0 Å². The van der Waals surface area contributed by atoms with Crippen molar-refractivity contribution in [2.45, 2.75) is 72.5 Å². The molecule has 23 heavy (non-hydrogen) atoms. The molecule has 0 radical (unpaired) electrons. The summed E-state index contributed by atoms with van der Waals surface area (Å²) < 4.78 is 0. The van der Waals surface area contributed by atoms with Gasteiger partial charge in [-0.15, -0.1) is 0 Å². The van der Waals surface area contributed by atoms with Gasteiger partial charge in [0.2, 0.25) is 0 Å². The molecule has 2 heteroatoms. The highest BCUT2D eigenvalue weighted by atomic mass is 15.3. The van der Waals surface area contributed by atoms with Crippen LogP contribution >= 0.6 is 0 Å². The Morgan fingerprint density at radius 1 is 0.913 bits per heavy atom. The van der Waals surface area contributed by atoms with Crippen LogP contribution in [0.3, 0.4) is 0 Å². The molecule has 130 valence electrons. The first-order valence-corrected chi connectivity index (χ1v) is 9.41. The molecule has 0 bridgehead atoms. The van der Waals surface area contributed by atoms with Gasteiger partial charge in [-0.25, -0.2) is 0 Å². The highest BCUT2D eigenvalue weighted by Crippen LogP contribution is 2.28. The third kappa shape index (κ3) is 4.36. The van der Waals surface area contributed by atoms with Gasteiger partial charge in [-0.05, 0) is 43.7 Å². The summed E-state index contributed by atoms with van der Waals surface area (Å²) in [5, 5.41) is 0. The van der Waals surface area contributed by atoms with Crippen LogP contribution < -0.4 is 0 Å². The van der Waals surface area contributed by atoms with E-state index in [4.69, 9.17) is 0 Å². The molecular formula is C21H36N2. The minimum atomic E-state index is 0.504. The zero-order valence-electron chi connectivity index (χ0n) is 16.2. The molecule has 2 atom stereocenters. The van der Waals surface area contributed by atoms with Crippen molar-refractivity contribution in [3.05, 3.63) is 35.4 Å². The fraction of sp³-hybridized carbons (Fsp3) is 0.714. The first-order valence-electron chi connectivity index (χ1n) is 9.41. The molecule has 1 saturated heterocycles. The summed E-state index contributed by atoms with van der Waals surface area (Å²) in [5.74, 6) is 1.30. The van der Waals surface area contributed by atoms with E-state index in [0.717, 1.165) is 0 Å². The molecular weight excluding hydrogens is 280 g/mol. The SMILES string of the molecule is CC(C)c1cccc([C@H](C)N2CCN(C(C)C)[C@@H](C(C)C)C2)c1. The zero-order valence-corrected chi connectivity index (χ0v) is 16.2. The lowest BCUT2D eigenvalue weighted by Gasteiger charge is -2.47. The molecule has 2 rings (SSSR count). The lowest BCUT2D eigenvalue weighted by atomic mass is 9.94. The zero-order chi connectivity index (χ0) is 17.1. The van der Waals surface area contributed by atoms with E-state index in [1.54, 1.807) is 0 Å². The van der Waals surface area contributed by atoms with Crippen LogP contribution in [0, 0.1) is 5.92 Å².